The van der Waals surface area contributed by atoms with Crippen LogP contribution in [0.1, 0.15) is 23.6 Å². The van der Waals surface area contributed by atoms with Crippen LogP contribution in [-0.4, -0.2) is 19.7 Å². The van der Waals surface area contributed by atoms with Gasteiger partial charge in [0.05, 0.1) is 6.04 Å². The summed E-state index contributed by atoms with van der Waals surface area (Å²) >= 11 is 0. The second-order valence-electron chi connectivity index (χ2n) is 3.96. The molecule has 0 radical (unpaired) electrons. The number of fused-ring (bicyclic) bond motifs is 1. The molecule has 0 fully saturated rings. The molecule has 3 nitrogen and oxygen atoms in total. The Morgan fingerprint density at radius 3 is 3.07 bits per heavy atom. The number of isocyanates is 1. The van der Waals surface area contributed by atoms with Crippen molar-refractivity contribution in [3.63, 3.8) is 0 Å². The van der Waals surface area contributed by atoms with E-state index in [4.69, 9.17) is 0 Å². The van der Waals surface area contributed by atoms with Crippen LogP contribution in [0.4, 0.5) is 5.69 Å². The molecule has 1 aromatic rings. The number of anilines is 1. The largest absolute Gasteiger partial charge is 0.374 e. The van der Waals surface area contributed by atoms with Crippen molar-refractivity contribution < 1.29 is 4.79 Å². The SMILES string of the molecule is Cc1cccc2c1N(C)CCC2N=C=O. The Kier molecular flexibility index (Phi) is 2.57. The summed E-state index contributed by atoms with van der Waals surface area (Å²) in [6.45, 7) is 3.02. The Bertz CT molecular complexity index is 422. The van der Waals surface area contributed by atoms with E-state index in [0.717, 1.165) is 18.5 Å². The van der Waals surface area contributed by atoms with Gasteiger partial charge in [0.25, 0.3) is 0 Å². The molecule has 0 spiro atoms. The highest BCUT2D eigenvalue weighted by Crippen LogP contribution is 2.36. The average Bonchev–Trinajstić information content (AvgIpc) is 2.22. The Labute approximate surface area is 89.4 Å². The molecule has 3 heteroatoms. The van der Waals surface area contributed by atoms with E-state index in [0.29, 0.717) is 0 Å². The molecule has 0 aromatic heterocycles. The van der Waals surface area contributed by atoms with Gasteiger partial charge in [0.1, 0.15) is 0 Å². The van der Waals surface area contributed by atoms with Crippen LogP contribution in [-0.2, 0) is 4.79 Å². The van der Waals surface area contributed by atoms with Gasteiger partial charge in [-0.2, -0.15) is 4.99 Å². The number of benzene rings is 1. The first-order valence-corrected chi connectivity index (χ1v) is 5.11. The summed E-state index contributed by atoms with van der Waals surface area (Å²) in [5.74, 6) is 0. The standard InChI is InChI=1S/C12H14N2O/c1-9-4-3-5-10-11(13-8-15)6-7-14(2)12(9)10/h3-5,11H,6-7H2,1-2H3. The number of rotatable bonds is 1. The van der Waals surface area contributed by atoms with E-state index in [-0.39, 0.29) is 6.04 Å². The number of para-hydroxylation sites is 1. The zero-order chi connectivity index (χ0) is 10.8. The quantitative estimate of drug-likeness (QED) is 0.516. The van der Waals surface area contributed by atoms with Crippen molar-refractivity contribution in [2.75, 3.05) is 18.5 Å². The minimum atomic E-state index is -0.00593. The number of nitrogens with zero attached hydrogens (tertiary/aromatic N) is 2. The van der Waals surface area contributed by atoms with Crippen molar-refractivity contribution in [2.45, 2.75) is 19.4 Å². The Morgan fingerprint density at radius 1 is 1.53 bits per heavy atom. The van der Waals surface area contributed by atoms with Crippen molar-refractivity contribution in [1.82, 2.24) is 0 Å². The highest BCUT2D eigenvalue weighted by molar-refractivity contribution is 5.62. The Morgan fingerprint density at radius 2 is 2.33 bits per heavy atom. The second kappa shape index (κ2) is 3.87. The molecule has 0 bridgehead atoms. The van der Waals surface area contributed by atoms with Crippen molar-refractivity contribution in [3.05, 3.63) is 29.3 Å². The van der Waals surface area contributed by atoms with Crippen LogP contribution in [0, 0.1) is 6.92 Å². The van der Waals surface area contributed by atoms with E-state index < -0.39 is 0 Å². The third-order valence-corrected chi connectivity index (χ3v) is 2.96. The summed E-state index contributed by atoms with van der Waals surface area (Å²) in [7, 11) is 2.08. The van der Waals surface area contributed by atoms with Crippen LogP contribution in [0.3, 0.4) is 0 Å². The summed E-state index contributed by atoms with van der Waals surface area (Å²) in [4.78, 5) is 16.4. The van der Waals surface area contributed by atoms with Gasteiger partial charge >= 0.3 is 0 Å². The second-order valence-corrected chi connectivity index (χ2v) is 3.96. The van der Waals surface area contributed by atoms with Gasteiger partial charge in [0.15, 0.2) is 0 Å². The number of hydrogen-bond acceptors (Lipinski definition) is 3. The summed E-state index contributed by atoms with van der Waals surface area (Å²) in [6, 6.07) is 6.14. The molecule has 0 N–H and O–H groups in total. The molecule has 1 aliphatic rings. The number of aryl methyl sites for hydroxylation is 1. The first kappa shape index (κ1) is 9.94. The van der Waals surface area contributed by atoms with E-state index in [1.54, 1.807) is 6.08 Å². The molecular formula is C12H14N2O. The van der Waals surface area contributed by atoms with Crippen LogP contribution >= 0.6 is 0 Å². The predicted octanol–water partition coefficient (Wildman–Crippen LogP) is 2.21. The maximum absolute atomic E-state index is 10.3. The summed E-state index contributed by atoms with van der Waals surface area (Å²) in [5.41, 5.74) is 3.60. The maximum Gasteiger partial charge on any atom is 0.235 e. The number of carbonyl (C=O) groups excluding carboxylic acids is 1. The molecule has 1 aliphatic heterocycles. The molecule has 0 amide bonds. The molecule has 1 heterocycles. The van der Waals surface area contributed by atoms with Gasteiger partial charge < -0.3 is 4.90 Å². The third-order valence-electron chi connectivity index (χ3n) is 2.96. The van der Waals surface area contributed by atoms with E-state index in [1.165, 1.54) is 11.3 Å². The predicted molar refractivity (Wildman–Crippen MR) is 59.9 cm³/mol. The molecule has 1 unspecified atom stereocenters. The smallest absolute Gasteiger partial charge is 0.235 e. The van der Waals surface area contributed by atoms with E-state index >= 15 is 0 Å². The van der Waals surface area contributed by atoms with Gasteiger partial charge in [0, 0.05) is 24.8 Å². The molecule has 0 saturated heterocycles. The lowest BCUT2D eigenvalue weighted by molar-refractivity contribution is 0.549. The third kappa shape index (κ3) is 1.66. The average molecular weight is 202 g/mol. The first-order valence-electron chi connectivity index (χ1n) is 5.11. The minimum Gasteiger partial charge on any atom is -0.374 e. The highest BCUT2D eigenvalue weighted by Gasteiger charge is 2.23. The van der Waals surface area contributed by atoms with E-state index in [1.807, 2.05) is 12.1 Å². The summed E-state index contributed by atoms with van der Waals surface area (Å²) < 4.78 is 0. The molecule has 2 rings (SSSR count). The lowest BCUT2D eigenvalue weighted by Crippen LogP contribution is -2.27. The molecule has 0 aliphatic carbocycles. The number of hydrogen-bond donors (Lipinski definition) is 0. The summed E-state index contributed by atoms with van der Waals surface area (Å²) in [6.07, 6.45) is 2.56. The van der Waals surface area contributed by atoms with Gasteiger partial charge in [-0.3, -0.25) is 0 Å². The Hall–Kier alpha value is -1.60. The molecule has 15 heavy (non-hydrogen) atoms. The van der Waals surface area contributed by atoms with Gasteiger partial charge in [-0.15, -0.1) is 0 Å². The minimum absolute atomic E-state index is 0.00593. The zero-order valence-electron chi connectivity index (χ0n) is 9.03. The van der Waals surface area contributed by atoms with Crippen LogP contribution in [0.15, 0.2) is 23.2 Å². The van der Waals surface area contributed by atoms with Crippen LogP contribution < -0.4 is 4.90 Å². The normalized spacial score (nSPS) is 19.3. The van der Waals surface area contributed by atoms with Crippen LogP contribution in [0.2, 0.25) is 0 Å². The Balaban J connectivity index is 2.54. The first-order chi connectivity index (χ1) is 7.24. The van der Waals surface area contributed by atoms with Crippen LogP contribution in [0.5, 0.6) is 0 Å². The fourth-order valence-electron chi connectivity index (χ4n) is 2.25. The maximum atomic E-state index is 10.3. The lowest BCUT2D eigenvalue weighted by atomic mass is 9.94. The monoisotopic (exact) mass is 202 g/mol. The van der Waals surface area contributed by atoms with Crippen LogP contribution in [0.25, 0.3) is 0 Å². The van der Waals surface area contributed by atoms with Gasteiger partial charge in [0.2, 0.25) is 6.08 Å². The summed E-state index contributed by atoms with van der Waals surface area (Å²) in [5, 5.41) is 0. The van der Waals surface area contributed by atoms with Crippen molar-refractivity contribution in [1.29, 1.82) is 0 Å². The van der Waals surface area contributed by atoms with E-state index in [2.05, 4.69) is 29.9 Å². The molecular weight excluding hydrogens is 188 g/mol. The number of aliphatic imine (C=N–C) groups is 1. The fourth-order valence-corrected chi connectivity index (χ4v) is 2.25. The van der Waals surface area contributed by atoms with Crippen molar-refractivity contribution in [3.8, 4) is 0 Å². The molecule has 1 aromatic carbocycles. The fraction of sp³-hybridized carbons (Fsp3) is 0.417. The zero-order valence-corrected chi connectivity index (χ0v) is 9.03. The van der Waals surface area contributed by atoms with Gasteiger partial charge in [-0.05, 0) is 18.9 Å². The highest BCUT2D eigenvalue weighted by atomic mass is 16.1. The van der Waals surface area contributed by atoms with Crippen molar-refractivity contribution in [2.24, 2.45) is 4.99 Å². The molecule has 0 saturated carbocycles. The lowest BCUT2D eigenvalue weighted by Gasteiger charge is -2.32. The van der Waals surface area contributed by atoms with E-state index in [9.17, 15) is 4.79 Å². The van der Waals surface area contributed by atoms with Gasteiger partial charge in [-0.1, -0.05) is 18.2 Å². The molecule has 78 valence electrons. The molecule has 1 atom stereocenters. The van der Waals surface area contributed by atoms with Crippen molar-refractivity contribution >= 4 is 11.8 Å². The topological polar surface area (TPSA) is 32.7 Å². The van der Waals surface area contributed by atoms with Gasteiger partial charge in [-0.25, -0.2) is 4.79 Å².